The lowest BCUT2D eigenvalue weighted by Crippen LogP contribution is -2.21. The van der Waals surface area contributed by atoms with Crippen molar-refractivity contribution in [3.63, 3.8) is 0 Å². The summed E-state index contributed by atoms with van der Waals surface area (Å²) in [4.78, 5) is 0. The first-order valence-corrected chi connectivity index (χ1v) is 9.93. The Morgan fingerprint density at radius 1 is 0.958 bits per heavy atom. The average Bonchev–Trinajstić information content (AvgIpc) is 2.58. The van der Waals surface area contributed by atoms with E-state index in [1.54, 1.807) is 0 Å². The second-order valence-corrected chi connectivity index (χ2v) is 8.13. The first kappa shape index (κ1) is 18.2. The Balaban J connectivity index is 1.77. The van der Waals surface area contributed by atoms with E-state index in [4.69, 9.17) is 14.4 Å². The number of hydrogen-bond donors (Lipinski definition) is 0. The minimum Gasteiger partial charge on any atom is -0.494 e. The van der Waals surface area contributed by atoms with Crippen molar-refractivity contribution in [2.24, 2.45) is 0 Å². The fourth-order valence-electron chi connectivity index (χ4n) is 2.25. The number of rotatable bonds is 7. The molecule has 2 aromatic rings. The zero-order valence-electron chi connectivity index (χ0n) is 14.7. The molecule has 0 atom stereocenters. The summed E-state index contributed by atoms with van der Waals surface area (Å²) in [7, 11) is -0.443. The monoisotopic (exact) mass is 339 g/mol. The van der Waals surface area contributed by atoms with Gasteiger partial charge in [-0.25, -0.2) is 0 Å². The number of nitriles is 1. The number of hydrogen-bond acceptors (Lipinski definition) is 3. The summed E-state index contributed by atoms with van der Waals surface area (Å²) in [6.07, 6.45) is 1.04. The van der Waals surface area contributed by atoms with Gasteiger partial charge in [-0.15, -0.1) is 0 Å². The minimum atomic E-state index is -0.443. The lowest BCUT2D eigenvalue weighted by atomic mass is 10.0. The summed E-state index contributed by atoms with van der Waals surface area (Å²) in [5, 5.41) is 8.84. The van der Waals surface area contributed by atoms with Gasteiger partial charge in [-0.05, 0) is 68.6 Å². The standard InChI is InChI=1S/C20H25NO2Si/c1-20(2,3)23-24-14-4-13-22-19-11-9-18(10-12-19)17-7-5-16(15-21)6-8-17/h5-12H,4,13-14,24H2,1-3H3. The third-order valence-electron chi connectivity index (χ3n) is 3.54. The van der Waals surface area contributed by atoms with Gasteiger partial charge in [-0.1, -0.05) is 24.3 Å². The Labute approximate surface area is 147 Å². The van der Waals surface area contributed by atoms with Crippen LogP contribution in [0.25, 0.3) is 11.1 Å². The molecule has 0 unspecified atom stereocenters. The summed E-state index contributed by atoms with van der Waals surface area (Å²) in [6.45, 7) is 7.04. The quantitative estimate of drug-likeness (QED) is 0.557. The Morgan fingerprint density at radius 2 is 1.54 bits per heavy atom. The van der Waals surface area contributed by atoms with Crippen LogP contribution in [-0.2, 0) is 4.43 Å². The van der Waals surface area contributed by atoms with Crippen molar-refractivity contribution in [1.82, 2.24) is 0 Å². The third-order valence-corrected chi connectivity index (χ3v) is 5.40. The maximum absolute atomic E-state index is 8.84. The van der Waals surface area contributed by atoms with Crippen LogP contribution in [0.1, 0.15) is 32.8 Å². The van der Waals surface area contributed by atoms with Crippen LogP contribution in [0, 0.1) is 11.3 Å². The maximum atomic E-state index is 8.84. The third kappa shape index (κ3) is 6.19. The van der Waals surface area contributed by atoms with Crippen molar-refractivity contribution in [1.29, 1.82) is 5.26 Å². The highest BCUT2D eigenvalue weighted by molar-refractivity contribution is 6.27. The highest BCUT2D eigenvalue weighted by Gasteiger charge is 2.08. The van der Waals surface area contributed by atoms with Crippen molar-refractivity contribution in [2.75, 3.05) is 6.61 Å². The van der Waals surface area contributed by atoms with E-state index < -0.39 is 9.76 Å². The predicted molar refractivity (Wildman–Crippen MR) is 101 cm³/mol. The Hall–Kier alpha value is -2.09. The number of nitrogens with zero attached hydrogens (tertiary/aromatic N) is 1. The van der Waals surface area contributed by atoms with Crippen LogP contribution in [-0.4, -0.2) is 22.0 Å². The van der Waals surface area contributed by atoms with Crippen molar-refractivity contribution in [3.8, 4) is 22.9 Å². The van der Waals surface area contributed by atoms with E-state index in [9.17, 15) is 0 Å². The van der Waals surface area contributed by atoms with Gasteiger partial charge in [0.2, 0.25) is 0 Å². The Bertz CT molecular complexity index is 667. The van der Waals surface area contributed by atoms with E-state index in [0.717, 1.165) is 35.9 Å². The molecule has 0 spiro atoms. The van der Waals surface area contributed by atoms with Gasteiger partial charge in [0.25, 0.3) is 0 Å². The van der Waals surface area contributed by atoms with E-state index in [-0.39, 0.29) is 5.60 Å². The molecule has 0 radical (unpaired) electrons. The van der Waals surface area contributed by atoms with Gasteiger partial charge in [0.05, 0.1) is 18.2 Å². The van der Waals surface area contributed by atoms with Crippen LogP contribution in [0.2, 0.25) is 6.04 Å². The van der Waals surface area contributed by atoms with Crippen molar-refractivity contribution >= 4 is 9.76 Å². The van der Waals surface area contributed by atoms with Crippen LogP contribution in [0.15, 0.2) is 48.5 Å². The number of benzene rings is 2. The molecular formula is C20H25NO2Si. The lowest BCUT2D eigenvalue weighted by molar-refractivity contribution is 0.137. The zero-order chi connectivity index (χ0) is 17.4. The van der Waals surface area contributed by atoms with E-state index in [1.165, 1.54) is 0 Å². The van der Waals surface area contributed by atoms with Gasteiger partial charge in [0.1, 0.15) is 5.75 Å². The topological polar surface area (TPSA) is 42.2 Å². The smallest absolute Gasteiger partial charge is 0.162 e. The van der Waals surface area contributed by atoms with Gasteiger partial charge in [-0.3, -0.25) is 0 Å². The SMILES string of the molecule is CC(C)(C)O[SiH2]CCCOc1ccc(-c2ccc(C#N)cc2)cc1. The average molecular weight is 340 g/mol. The summed E-state index contributed by atoms with van der Waals surface area (Å²) in [6, 6.07) is 19.0. The molecule has 126 valence electrons. The molecule has 0 aliphatic heterocycles. The second-order valence-electron chi connectivity index (χ2n) is 6.73. The van der Waals surface area contributed by atoms with Crippen LogP contribution < -0.4 is 4.74 Å². The largest absolute Gasteiger partial charge is 0.494 e. The molecule has 2 aromatic carbocycles. The summed E-state index contributed by atoms with van der Waals surface area (Å²) >= 11 is 0. The fraction of sp³-hybridized carbons (Fsp3) is 0.350. The Morgan fingerprint density at radius 3 is 2.08 bits per heavy atom. The normalized spacial score (nSPS) is 11.6. The van der Waals surface area contributed by atoms with E-state index >= 15 is 0 Å². The molecule has 4 heteroatoms. The summed E-state index contributed by atoms with van der Waals surface area (Å²) in [5.41, 5.74) is 2.90. The van der Waals surface area contributed by atoms with Crippen LogP contribution >= 0.6 is 0 Å². The van der Waals surface area contributed by atoms with Gasteiger partial charge in [0, 0.05) is 5.60 Å². The first-order chi connectivity index (χ1) is 11.5. The zero-order valence-corrected chi connectivity index (χ0v) is 16.1. The fourth-order valence-corrected chi connectivity index (χ4v) is 3.42. The van der Waals surface area contributed by atoms with E-state index in [1.807, 2.05) is 48.5 Å². The van der Waals surface area contributed by atoms with E-state index in [0.29, 0.717) is 5.56 Å². The first-order valence-electron chi connectivity index (χ1n) is 8.35. The molecule has 0 amide bonds. The van der Waals surface area contributed by atoms with E-state index in [2.05, 4.69) is 26.8 Å². The summed E-state index contributed by atoms with van der Waals surface area (Å²) in [5.74, 6) is 0.894. The van der Waals surface area contributed by atoms with Gasteiger partial charge < -0.3 is 9.16 Å². The second kappa shape index (κ2) is 8.67. The highest BCUT2D eigenvalue weighted by Crippen LogP contribution is 2.23. The van der Waals surface area contributed by atoms with Gasteiger partial charge in [-0.2, -0.15) is 5.26 Å². The molecule has 3 nitrogen and oxygen atoms in total. The van der Waals surface area contributed by atoms with Crippen LogP contribution in [0.5, 0.6) is 5.75 Å². The molecule has 0 saturated carbocycles. The molecular weight excluding hydrogens is 314 g/mol. The molecule has 0 fully saturated rings. The summed E-state index contributed by atoms with van der Waals surface area (Å²) < 4.78 is 11.6. The lowest BCUT2D eigenvalue weighted by Gasteiger charge is -2.19. The molecule has 2 rings (SSSR count). The highest BCUT2D eigenvalue weighted by atomic mass is 28.2. The Kier molecular flexibility index (Phi) is 6.59. The molecule has 24 heavy (non-hydrogen) atoms. The van der Waals surface area contributed by atoms with Gasteiger partial charge in [0.15, 0.2) is 9.76 Å². The molecule has 0 heterocycles. The van der Waals surface area contributed by atoms with Crippen LogP contribution in [0.3, 0.4) is 0 Å². The molecule has 0 aliphatic rings. The maximum Gasteiger partial charge on any atom is 0.162 e. The van der Waals surface area contributed by atoms with Crippen molar-refractivity contribution < 1.29 is 9.16 Å². The molecule has 0 saturated heterocycles. The number of ether oxygens (including phenoxy) is 1. The molecule has 0 aromatic heterocycles. The van der Waals surface area contributed by atoms with Crippen LogP contribution in [0.4, 0.5) is 0 Å². The predicted octanol–water partition coefficient (Wildman–Crippen LogP) is 4.31. The molecule has 0 N–H and O–H groups in total. The molecule has 0 bridgehead atoms. The minimum absolute atomic E-state index is 0.00560. The molecule has 0 aliphatic carbocycles. The van der Waals surface area contributed by atoms with Crippen molar-refractivity contribution in [3.05, 3.63) is 54.1 Å². The van der Waals surface area contributed by atoms with Gasteiger partial charge >= 0.3 is 0 Å². The van der Waals surface area contributed by atoms with Crippen molar-refractivity contribution in [2.45, 2.75) is 38.8 Å².